The van der Waals surface area contributed by atoms with Crippen molar-refractivity contribution in [2.45, 2.75) is 69.1 Å². The van der Waals surface area contributed by atoms with Gasteiger partial charge in [-0.15, -0.1) is 0 Å². The van der Waals surface area contributed by atoms with Crippen molar-refractivity contribution in [3.63, 3.8) is 0 Å². The van der Waals surface area contributed by atoms with E-state index in [1.165, 1.54) is 55.8 Å². The summed E-state index contributed by atoms with van der Waals surface area (Å²) in [5.74, 6) is 0.950. The van der Waals surface area contributed by atoms with Crippen LogP contribution in [-0.2, 0) is 6.54 Å². The fourth-order valence-corrected chi connectivity index (χ4v) is 5.29. The van der Waals surface area contributed by atoms with Gasteiger partial charge in [0.2, 0.25) is 0 Å². The van der Waals surface area contributed by atoms with Crippen LogP contribution in [0.5, 0.6) is 5.75 Å². The first-order chi connectivity index (χ1) is 11.3. The Morgan fingerprint density at radius 1 is 1.09 bits per heavy atom. The molecule has 122 valence electrons. The lowest BCUT2D eigenvalue weighted by molar-refractivity contribution is 0.0620. The van der Waals surface area contributed by atoms with E-state index in [1.54, 1.807) is 7.11 Å². The number of rotatable bonds is 4. The Morgan fingerprint density at radius 2 is 1.87 bits per heavy atom. The predicted molar refractivity (Wildman–Crippen MR) is 93.0 cm³/mol. The van der Waals surface area contributed by atoms with Crippen molar-refractivity contribution in [2.75, 3.05) is 7.11 Å². The van der Waals surface area contributed by atoms with Crippen LogP contribution in [0.15, 0.2) is 30.5 Å². The van der Waals surface area contributed by atoms with Crippen LogP contribution in [0.1, 0.15) is 44.9 Å². The fourth-order valence-electron chi connectivity index (χ4n) is 5.29. The van der Waals surface area contributed by atoms with E-state index in [0.717, 1.165) is 24.4 Å². The smallest absolute Gasteiger partial charge is 0.119 e. The van der Waals surface area contributed by atoms with Crippen LogP contribution in [0.2, 0.25) is 0 Å². The number of nitrogens with zero attached hydrogens (tertiary/aromatic N) is 2. The molecule has 0 radical (unpaired) electrons. The third-order valence-electron chi connectivity index (χ3n) is 6.51. The lowest BCUT2D eigenvalue weighted by Crippen LogP contribution is -2.50. The predicted octanol–water partition coefficient (Wildman–Crippen LogP) is 4.20. The lowest BCUT2D eigenvalue weighted by atomic mass is 9.99. The maximum Gasteiger partial charge on any atom is 0.119 e. The highest BCUT2D eigenvalue weighted by molar-refractivity contribution is 5.81. The van der Waals surface area contributed by atoms with E-state index < -0.39 is 0 Å². The zero-order chi connectivity index (χ0) is 15.4. The third kappa shape index (κ3) is 2.13. The molecule has 1 aromatic carbocycles. The van der Waals surface area contributed by atoms with E-state index in [2.05, 4.69) is 39.9 Å². The van der Waals surface area contributed by atoms with Crippen LogP contribution >= 0.6 is 0 Å². The van der Waals surface area contributed by atoms with Crippen molar-refractivity contribution in [2.24, 2.45) is 0 Å². The van der Waals surface area contributed by atoms with Gasteiger partial charge in [0.25, 0.3) is 0 Å². The highest BCUT2D eigenvalue weighted by Gasteiger charge is 2.55. The molecule has 23 heavy (non-hydrogen) atoms. The molecule has 3 heteroatoms. The molecule has 2 aliphatic heterocycles. The molecule has 3 nitrogen and oxygen atoms in total. The number of benzene rings is 1. The van der Waals surface area contributed by atoms with E-state index in [0.29, 0.717) is 5.54 Å². The average molecular weight is 310 g/mol. The summed E-state index contributed by atoms with van der Waals surface area (Å²) in [6.07, 6.45) is 12.2. The van der Waals surface area contributed by atoms with Crippen molar-refractivity contribution in [1.29, 1.82) is 0 Å². The largest absolute Gasteiger partial charge is 0.497 e. The number of methoxy groups -OCH3 is 1. The molecule has 2 bridgehead atoms. The summed E-state index contributed by atoms with van der Waals surface area (Å²) in [6.45, 7) is 1.16. The van der Waals surface area contributed by atoms with Crippen LogP contribution in [0, 0.1) is 0 Å². The molecule has 0 N–H and O–H groups in total. The molecule has 3 heterocycles. The third-order valence-corrected chi connectivity index (χ3v) is 6.51. The van der Waals surface area contributed by atoms with Crippen LogP contribution < -0.4 is 4.74 Å². The Morgan fingerprint density at radius 3 is 2.57 bits per heavy atom. The van der Waals surface area contributed by atoms with Gasteiger partial charge in [-0.1, -0.05) is 6.42 Å². The van der Waals surface area contributed by atoms with Gasteiger partial charge in [0, 0.05) is 41.3 Å². The van der Waals surface area contributed by atoms with Crippen LogP contribution in [-0.4, -0.2) is 34.2 Å². The molecule has 2 aromatic rings. The monoisotopic (exact) mass is 310 g/mol. The van der Waals surface area contributed by atoms with Gasteiger partial charge in [-0.05, 0) is 62.8 Å². The minimum Gasteiger partial charge on any atom is -0.497 e. The molecule has 2 atom stereocenters. The first-order valence-electron chi connectivity index (χ1n) is 9.20. The Kier molecular flexibility index (Phi) is 3.03. The maximum atomic E-state index is 5.36. The van der Waals surface area contributed by atoms with Gasteiger partial charge >= 0.3 is 0 Å². The SMILES string of the molecule is COc1ccc2c(ccn2CC2(N3C4CCC[C@@H]3CC4)CC2)c1. The van der Waals surface area contributed by atoms with Crippen molar-refractivity contribution in [1.82, 2.24) is 9.47 Å². The summed E-state index contributed by atoms with van der Waals surface area (Å²) in [4.78, 5) is 2.95. The Labute approximate surface area is 138 Å². The molecule has 1 aromatic heterocycles. The van der Waals surface area contributed by atoms with Crippen molar-refractivity contribution < 1.29 is 4.74 Å². The van der Waals surface area contributed by atoms with E-state index in [9.17, 15) is 0 Å². The number of hydrogen-bond acceptors (Lipinski definition) is 2. The Hall–Kier alpha value is -1.48. The van der Waals surface area contributed by atoms with E-state index in [-0.39, 0.29) is 0 Å². The van der Waals surface area contributed by atoms with E-state index in [4.69, 9.17) is 4.74 Å². The molecule has 1 aliphatic carbocycles. The summed E-state index contributed by atoms with van der Waals surface area (Å²) < 4.78 is 7.84. The van der Waals surface area contributed by atoms with Crippen molar-refractivity contribution >= 4 is 10.9 Å². The summed E-state index contributed by atoms with van der Waals surface area (Å²) in [7, 11) is 1.74. The zero-order valence-corrected chi connectivity index (χ0v) is 14.0. The number of piperidine rings is 1. The van der Waals surface area contributed by atoms with Gasteiger partial charge in [0.1, 0.15) is 5.75 Å². The number of hydrogen-bond donors (Lipinski definition) is 0. The minimum absolute atomic E-state index is 0.456. The van der Waals surface area contributed by atoms with Crippen LogP contribution in [0.3, 0.4) is 0 Å². The molecule has 3 fully saturated rings. The second kappa shape index (κ2) is 5.01. The molecule has 0 amide bonds. The van der Waals surface area contributed by atoms with Crippen LogP contribution in [0.4, 0.5) is 0 Å². The number of ether oxygens (including phenoxy) is 1. The molecule has 1 saturated carbocycles. The van der Waals surface area contributed by atoms with Gasteiger partial charge in [0.15, 0.2) is 0 Å². The molecule has 1 unspecified atom stereocenters. The average Bonchev–Trinajstić information content (AvgIpc) is 3.18. The number of fused-ring (bicyclic) bond motifs is 3. The molecular formula is C20H26N2O. The highest BCUT2D eigenvalue weighted by Crippen LogP contribution is 2.52. The Bertz CT molecular complexity index is 714. The maximum absolute atomic E-state index is 5.36. The first-order valence-corrected chi connectivity index (χ1v) is 9.20. The highest BCUT2D eigenvalue weighted by atomic mass is 16.5. The van der Waals surface area contributed by atoms with Crippen molar-refractivity contribution in [3.05, 3.63) is 30.5 Å². The van der Waals surface area contributed by atoms with Crippen molar-refractivity contribution in [3.8, 4) is 5.75 Å². The summed E-state index contributed by atoms with van der Waals surface area (Å²) in [6, 6.07) is 10.4. The van der Waals surface area contributed by atoms with Gasteiger partial charge in [-0.3, -0.25) is 4.90 Å². The standard InChI is InChI=1S/C20H26N2O/c1-23-18-7-8-19-15(13-18)9-12-21(19)14-20(10-11-20)22-16-3-2-4-17(22)6-5-16/h7-9,12-13,16-17H,2-6,10-11,14H2,1H3/t16-,17?/m1/s1. The molecule has 2 saturated heterocycles. The van der Waals surface area contributed by atoms with E-state index >= 15 is 0 Å². The second-order valence-electron chi connectivity index (χ2n) is 7.82. The Balaban J connectivity index is 1.45. The zero-order valence-electron chi connectivity index (χ0n) is 14.0. The lowest BCUT2D eigenvalue weighted by Gasteiger charge is -2.41. The number of aromatic nitrogens is 1. The van der Waals surface area contributed by atoms with Gasteiger partial charge in [0.05, 0.1) is 7.11 Å². The summed E-state index contributed by atoms with van der Waals surface area (Å²) in [5.41, 5.74) is 1.81. The topological polar surface area (TPSA) is 17.4 Å². The van der Waals surface area contributed by atoms with Gasteiger partial charge < -0.3 is 9.30 Å². The molecule has 5 rings (SSSR count). The summed E-state index contributed by atoms with van der Waals surface area (Å²) >= 11 is 0. The van der Waals surface area contributed by atoms with Gasteiger partial charge in [-0.25, -0.2) is 0 Å². The molecule has 0 spiro atoms. The molecule has 3 aliphatic rings. The fraction of sp³-hybridized carbons (Fsp3) is 0.600. The van der Waals surface area contributed by atoms with Gasteiger partial charge in [-0.2, -0.15) is 0 Å². The minimum atomic E-state index is 0.456. The summed E-state index contributed by atoms with van der Waals surface area (Å²) in [5, 5.41) is 1.29. The van der Waals surface area contributed by atoms with Crippen LogP contribution in [0.25, 0.3) is 10.9 Å². The normalized spacial score (nSPS) is 29.1. The molecular weight excluding hydrogens is 284 g/mol. The van der Waals surface area contributed by atoms with E-state index in [1.807, 2.05) is 0 Å². The quantitative estimate of drug-likeness (QED) is 0.842. The second-order valence-corrected chi connectivity index (χ2v) is 7.82. The first kappa shape index (κ1) is 13.9.